The number of benzene rings is 3. The van der Waals surface area contributed by atoms with E-state index in [0.29, 0.717) is 25.8 Å². The van der Waals surface area contributed by atoms with E-state index in [0.717, 1.165) is 23.2 Å². The van der Waals surface area contributed by atoms with Crippen molar-refractivity contribution in [2.24, 2.45) is 5.92 Å². The Morgan fingerprint density at radius 1 is 0.879 bits per heavy atom. The van der Waals surface area contributed by atoms with E-state index in [1.54, 1.807) is 24.3 Å². The van der Waals surface area contributed by atoms with Crippen LogP contribution < -0.4 is 10.0 Å². The predicted molar refractivity (Wildman–Crippen MR) is 137 cm³/mol. The highest BCUT2D eigenvalue weighted by Crippen LogP contribution is 2.50. The van der Waals surface area contributed by atoms with Crippen LogP contribution in [0.2, 0.25) is 20.1 Å². The van der Waals surface area contributed by atoms with Gasteiger partial charge in [-0.25, -0.2) is 8.42 Å². The molecule has 2 N–H and O–H groups in total. The number of nitrogens with one attached hydrogen (secondary N) is 2. The fourth-order valence-corrected chi connectivity index (χ4v) is 6.51. The second kappa shape index (κ2) is 8.71. The third-order valence-electron chi connectivity index (χ3n) is 6.06. The average Bonchev–Trinajstić information content (AvgIpc) is 3.24. The van der Waals surface area contributed by atoms with Crippen molar-refractivity contribution < 1.29 is 8.42 Å². The molecule has 1 aliphatic carbocycles. The van der Waals surface area contributed by atoms with Gasteiger partial charge in [0, 0.05) is 21.7 Å². The molecule has 0 bridgehead atoms. The van der Waals surface area contributed by atoms with Crippen molar-refractivity contribution in [3.05, 3.63) is 98.0 Å². The SMILES string of the molecule is O=S(=O)(Nc1cc(Cl)cc(Cl)c1)c1ccc2c(c1)[C@H]1C=CC[C@H]1[C@@H](c1ccc(Cl)c(Cl)c1)N2. The van der Waals surface area contributed by atoms with Crippen molar-refractivity contribution in [1.29, 1.82) is 0 Å². The maximum Gasteiger partial charge on any atom is 0.261 e. The molecule has 0 saturated heterocycles. The summed E-state index contributed by atoms with van der Waals surface area (Å²) < 4.78 is 28.8. The van der Waals surface area contributed by atoms with Crippen LogP contribution in [0.3, 0.4) is 0 Å². The second-order valence-corrected chi connectivity index (χ2v) is 11.5. The molecule has 3 atom stereocenters. The van der Waals surface area contributed by atoms with Gasteiger partial charge in [0.2, 0.25) is 0 Å². The van der Waals surface area contributed by atoms with Gasteiger partial charge in [-0.15, -0.1) is 0 Å². The molecule has 1 aliphatic heterocycles. The molecule has 4 nitrogen and oxygen atoms in total. The number of allylic oxidation sites excluding steroid dienone is 2. The summed E-state index contributed by atoms with van der Waals surface area (Å²) in [5.74, 6) is 0.309. The van der Waals surface area contributed by atoms with Crippen LogP contribution in [0.15, 0.2) is 71.6 Å². The minimum Gasteiger partial charge on any atom is -0.378 e. The zero-order valence-electron chi connectivity index (χ0n) is 17.0. The summed E-state index contributed by atoms with van der Waals surface area (Å²) in [4.78, 5) is 0.172. The lowest BCUT2D eigenvalue weighted by atomic mass is 9.77. The van der Waals surface area contributed by atoms with Gasteiger partial charge in [-0.05, 0) is 72.0 Å². The fraction of sp³-hybridized carbons (Fsp3) is 0.167. The molecule has 0 spiro atoms. The van der Waals surface area contributed by atoms with Crippen LogP contribution >= 0.6 is 46.4 Å². The predicted octanol–water partition coefficient (Wildman–Crippen LogP) is 7.93. The van der Waals surface area contributed by atoms with Gasteiger partial charge in [0.1, 0.15) is 0 Å². The highest BCUT2D eigenvalue weighted by atomic mass is 35.5. The van der Waals surface area contributed by atoms with Crippen LogP contribution in [0.5, 0.6) is 0 Å². The Hall–Kier alpha value is -1.89. The van der Waals surface area contributed by atoms with Crippen molar-refractivity contribution >= 4 is 67.8 Å². The standard InChI is InChI=1S/C24H18Cl4N2O2S/c25-14-9-15(26)11-16(10-14)30-33(31,32)17-5-7-23-20(12-17)18-2-1-3-19(18)24(29-23)13-4-6-21(27)22(28)8-13/h1-2,4-12,18-19,24,29-30H,3H2/t18-,19+,24+/m0/s1. The zero-order chi connectivity index (χ0) is 23.3. The van der Waals surface area contributed by atoms with E-state index in [2.05, 4.69) is 22.2 Å². The first-order valence-corrected chi connectivity index (χ1v) is 13.2. The number of anilines is 2. The number of hydrogen-bond donors (Lipinski definition) is 2. The van der Waals surface area contributed by atoms with Crippen molar-refractivity contribution in [2.45, 2.75) is 23.3 Å². The van der Waals surface area contributed by atoms with Gasteiger partial charge in [0.15, 0.2) is 0 Å². The first-order chi connectivity index (χ1) is 15.7. The van der Waals surface area contributed by atoms with E-state index < -0.39 is 10.0 Å². The third-order valence-corrected chi connectivity index (χ3v) is 8.62. The molecule has 0 unspecified atom stereocenters. The number of hydrogen-bond acceptors (Lipinski definition) is 3. The zero-order valence-corrected chi connectivity index (χ0v) is 20.9. The van der Waals surface area contributed by atoms with E-state index in [1.807, 2.05) is 18.2 Å². The smallest absolute Gasteiger partial charge is 0.261 e. The topological polar surface area (TPSA) is 58.2 Å². The highest BCUT2D eigenvalue weighted by molar-refractivity contribution is 7.92. The Balaban J connectivity index is 1.49. The van der Waals surface area contributed by atoms with Crippen LogP contribution in [0.4, 0.5) is 11.4 Å². The monoisotopic (exact) mass is 538 g/mol. The van der Waals surface area contributed by atoms with Gasteiger partial charge in [-0.2, -0.15) is 0 Å². The Kier molecular flexibility index (Phi) is 6.04. The summed E-state index contributed by atoms with van der Waals surface area (Å²) >= 11 is 24.4. The van der Waals surface area contributed by atoms with E-state index >= 15 is 0 Å². The Bertz CT molecular complexity index is 1370. The van der Waals surface area contributed by atoms with Crippen molar-refractivity contribution in [3.63, 3.8) is 0 Å². The lowest BCUT2D eigenvalue weighted by Gasteiger charge is -2.37. The maximum atomic E-state index is 13.1. The third kappa shape index (κ3) is 4.45. The van der Waals surface area contributed by atoms with Crippen LogP contribution in [0.25, 0.3) is 0 Å². The summed E-state index contributed by atoms with van der Waals surface area (Å²) in [5, 5.41) is 5.31. The molecule has 9 heteroatoms. The molecular formula is C24H18Cl4N2O2S. The van der Waals surface area contributed by atoms with Crippen LogP contribution in [-0.4, -0.2) is 8.42 Å². The van der Waals surface area contributed by atoms with E-state index in [1.165, 1.54) is 12.1 Å². The van der Waals surface area contributed by atoms with Gasteiger partial charge in [0.25, 0.3) is 10.0 Å². The molecule has 5 rings (SSSR count). The van der Waals surface area contributed by atoms with Gasteiger partial charge in [0.05, 0.1) is 26.7 Å². The quantitative estimate of drug-likeness (QED) is 0.331. The molecule has 1 heterocycles. The minimum absolute atomic E-state index is 0.0291. The Morgan fingerprint density at radius 3 is 2.36 bits per heavy atom. The Morgan fingerprint density at radius 2 is 1.64 bits per heavy atom. The maximum absolute atomic E-state index is 13.1. The van der Waals surface area contributed by atoms with Crippen molar-refractivity contribution in [1.82, 2.24) is 0 Å². The van der Waals surface area contributed by atoms with Crippen molar-refractivity contribution in [2.75, 3.05) is 10.0 Å². The molecular weight excluding hydrogens is 522 g/mol. The summed E-state index contributed by atoms with van der Waals surface area (Å²) in [6.07, 6.45) is 5.16. The van der Waals surface area contributed by atoms with Gasteiger partial charge in [-0.3, -0.25) is 4.72 Å². The number of sulfonamides is 1. The normalized spacial score (nSPS) is 21.3. The lowest BCUT2D eigenvalue weighted by molar-refractivity contribution is 0.425. The molecule has 0 amide bonds. The number of fused-ring (bicyclic) bond motifs is 3. The van der Waals surface area contributed by atoms with E-state index in [9.17, 15) is 8.42 Å². The van der Waals surface area contributed by atoms with Crippen LogP contribution in [0, 0.1) is 5.92 Å². The lowest BCUT2D eigenvalue weighted by Crippen LogP contribution is -2.29. The molecule has 2 aliphatic rings. The van der Waals surface area contributed by atoms with Crippen LogP contribution in [0.1, 0.15) is 29.5 Å². The van der Waals surface area contributed by atoms with Gasteiger partial charge >= 0.3 is 0 Å². The number of rotatable bonds is 4. The average molecular weight is 540 g/mol. The molecule has 170 valence electrons. The molecule has 3 aromatic carbocycles. The molecule has 33 heavy (non-hydrogen) atoms. The summed E-state index contributed by atoms with van der Waals surface area (Å²) in [5.41, 5.74) is 3.19. The summed E-state index contributed by atoms with van der Waals surface area (Å²) in [6.45, 7) is 0. The summed E-state index contributed by atoms with van der Waals surface area (Å²) in [7, 11) is -3.84. The Labute approximate surface area is 212 Å². The molecule has 3 aromatic rings. The molecule has 0 radical (unpaired) electrons. The second-order valence-electron chi connectivity index (χ2n) is 8.16. The molecule has 0 fully saturated rings. The first-order valence-electron chi connectivity index (χ1n) is 10.2. The number of halogens is 4. The fourth-order valence-electron chi connectivity index (χ4n) is 4.60. The largest absolute Gasteiger partial charge is 0.378 e. The van der Waals surface area contributed by atoms with E-state index in [4.69, 9.17) is 46.4 Å². The van der Waals surface area contributed by atoms with Gasteiger partial charge < -0.3 is 5.32 Å². The summed E-state index contributed by atoms with van der Waals surface area (Å²) in [6, 6.07) is 15.4. The minimum atomic E-state index is -3.84. The first kappa shape index (κ1) is 22.9. The highest BCUT2D eigenvalue weighted by Gasteiger charge is 2.38. The molecule has 0 saturated carbocycles. The van der Waals surface area contributed by atoms with E-state index in [-0.39, 0.29) is 22.8 Å². The molecule has 0 aromatic heterocycles. The van der Waals surface area contributed by atoms with Crippen LogP contribution in [-0.2, 0) is 10.0 Å². The van der Waals surface area contributed by atoms with Crippen molar-refractivity contribution in [3.8, 4) is 0 Å². The van der Waals surface area contributed by atoms with Gasteiger partial charge in [-0.1, -0.05) is 64.6 Å².